The second kappa shape index (κ2) is 4.86. The van der Waals surface area contributed by atoms with Gasteiger partial charge in [-0.3, -0.25) is 10.2 Å². The first kappa shape index (κ1) is 10.0. The van der Waals surface area contributed by atoms with E-state index in [9.17, 15) is 4.79 Å². The van der Waals surface area contributed by atoms with Crippen molar-refractivity contribution in [2.24, 2.45) is 11.0 Å². The van der Waals surface area contributed by atoms with Crippen molar-refractivity contribution in [1.82, 2.24) is 5.43 Å². The van der Waals surface area contributed by atoms with Crippen molar-refractivity contribution in [2.75, 3.05) is 0 Å². The fourth-order valence-electron chi connectivity index (χ4n) is 0.958. The van der Waals surface area contributed by atoms with E-state index in [0.717, 1.165) is 5.56 Å². The number of amides is 1. The van der Waals surface area contributed by atoms with Gasteiger partial charge in [-0.1, -0.05) is 17.2 Å². The molecule has 0 saturated carbocycles. The summed E-state index contributed by atoms with van der Waals surface area (Å²) in [6.45, 7) is 0.279. The number of carbonyl (C=O) groups is 1. The Bertz CT molecular complexity index is 366. The quantitative estimate of drug-likeness (QED) is 0.186. The summed E-state index contributed by atoms with van der Waals surface area (Å²) in [4.78, 5) is 13.7. The fourth-order valence-corrected chi connectivity index (χ4v) is 0.958. The van der Waals surface area contributed by atoms with Crippen LogP contribution in [0.25, 0.3) is 10.4 Å². The highest BCUT2D eigenvalue weighted by atomic mass is 16.2. The standard InChI is InChI=1S/C8H9N5O/c9-12-8(14)7-3-1-6(2-4-7)5-11-13-10/h1-4H,5,9H2,(H,12,14). The summed E-state index contributed by atoms with van der Waals surface area (Å²) < 4.78 is 0. The number of nitrogens with one attached hydrogen (secondary N) is 1. The largest absolute Gasteiger partial charge is 0.290 e. The lowest BCUT2D eigenvalue weighted by molar-refractivity contribution is 0.0953. The highest BCUT2D eigenvalue weighted by Crippen LogP contribution is 2.05. The molecule has 0 unspecified atom stereocenters. The van der Waals surface area contributed by atoms with E-state index in [1.807, 2.05) is 5.43 Å². The SMILES string of the molecule is [N-]=[N+]=NCc1ccc(C(=O)NN)cc1. The lowest BCUT2D eigenvalue weighted by Gasteiger charge is -2.00. The third-order valence-corrected chi connectivity index (χ3v) is 1.66. The van der Waals surface area contributed by atoms with Crippen LogP contribution in [0.3, 0.4) is 0 Å². The van der Waals surface area contributed by atoms with Crippen LogP contribution in [-0.4, -0.2) is 5.91 Å². The molecule has 0 atom stereocenters. The van der Waals surface area contributed by atoms with Gasteiger partial charge in [-0.2, -0.15) is 0 Å². The minimum absolute atomic E-state index is 0.279. The monoisotopic (exact) mass is 191 g/mol. The highest BCUT2D eigenvalue weighted by molar-refractivity contribution is 5.93. The summed E-state index contributed by atoms with van der Waals surface area (Å²) in [7, 11) is 0. The Balaban J connectivity index is 2.78. The van der Waals surface area contributed by atoms with Crippen molar-refractivity contribution in [3.8, 4) is 0 Å². The molecule has 1 amide bonds. The van der Waals surface area contributed by atoms with Crippen LogP contribution >= 0.6 is 0 Å². The second-order valence-corrected chi connectivity index (χ2v) is 2.56. The van der Waals surface area contributed by atoms with Crippen LogP contribution in [0.2, 0.25) is 0 Å². The van der Waals surface area contributed by atoms with Crippen LogP contribution in [0.1, 0.15) is 15.9 Å². The number of azide groups is 1. The summed E-state index contributed by atoms with van der Waals surface area (Å²) in [6, 6.07) is 6.65. The van der Waals surface area contributed by atoms with Gasteiger partial charge < -0.3 is 0 Å². The zero-order chi connectivity index (χ0) is 10.4. The normalized spacial score (nSPS) is 8.93. The van der Waals surface area contributed by atoms with Crippen molar-refractivity contribution in [2.45, 2.75) is 6.54 Å². The summed E-state index contributed by atoms with van der Waals surface area (Å²) in [5, 5.41) is 3.39. The van der Waals surface area contributed by atoms with E-state index in [1.54, 1.807) is 24.3 Å². The van der Waals surface area contributed by atoms with Crippen molar-refractivity contribution in [3.05, 3.63) is 45.8 Å². The Morgan fingerprint density at radius 1 is 1.50 bits per heavy atom. The zero-order valence-electron chi connectivity index (χ0n) is 7.34. The average Bonchev–Trinajstić information content (AvgIpc) is 2.26. The van der Waals surface area contributed by atoms with Gasteiger partial charge in [-0.15, -0.1) is 0 Å². The van der Waals surface area contributed by atoms with Gasteiger partial charge in [0.25, 0.3) is 5.91 Å². The zero-order valence-corrected chi connectivity index (χ0v) is 7.34. The molecule has 6 heteroatoms. The number of benzene rings is 1. The first-order valence-corrected chi connectivity index (χ1v) is 3.88. The fraction of sp³-hybridized carbons (Fsp3) is 0.125. The predicted octanol–water partition coefficient (Wildman–Crippen LogP) is 1.10. The summed E-state index contributed by atoms with van der Waals surface area (Å²) in [5.41, 5.74) is 11.4. The maximum absolute atomic E-state index is 11.0. The number of hydrogen-bond donors (Lipinski definition) is 2. The van der Waals surface area contributed by atoms with E-state index in [0.29, 0.717) is 5.56 Å². The molecule has 72 valence electrons. The van der Waals surface area contributed by atoms with Crippen LogP contribution in [0.15, 0.2) is 29.4 Å². The van der Waals surface area contributed by atoms with Gasteiger partial charge >= 0.3 is 0 Å². The molecule has 0 spiro atoms. The van der Waals surface area contributed by atoms with Gasteiger partial charge in [-0.05, 0) is 23.2 Å². The Hall–Kier alpha value is -2.04. The van der Waals surface area contributed by atoms with Crippen LogP contribution in [-0.2, 0) is 6.54 Å². The average molecular weight is 191 g/mol. The smallest absolute Gasteiger partial charge is 0.265 e. The minimum Gasteiger partial charge on any atom is -0.290 e. The number of rotatable bonds is 3. The molecule has 1 rings (SSSR count). The van der Waals surface area contributed by atoms with Gasteiger partial charge in [0.15, 0.2) is 0 Å². The van der Waals surface area contributed by atoms with Crippen molar-refractivity contribution >= 4 is 5.91 Å². The van der Waals surface area contributed by atoms with E-state index in [1.165, 1.54) is 0 Å². The maximum atomic E-state index is 11.0. The third-order valence-electron chi connectivity index (χ3n) is 1.66. The molecular weight excluding hydrogens is 182 g/mol. The summed E-state index contributed by atoms with van der Waals surface area (Å²) in [6.07, 6.45) is 0. The number of hydrazine groups is 1. The molecule has 0 aliphatic heterocycles. The molecule has 6 nitrogen and oxygen atoms in total. The van der Waals surface area contributed by atoms with Gasteiger partial charge in [0.2, 0.25) is 0 Å². The molecule has 0 fully saturated rings. The topological polar surface area (TPSA) is 104 Å². The van der Waals surface area contributed by atoms with Crippen molar-refractivity contribution in [1.29, 1.82) is 0 Å². The Morgan fingerprint density at radius 3 is 2.64 bits per heavy atom. The lowest BCUT2D eigenvalue weighted by atomic mass is 10.1. The lowest BCUT2D eigenvalue weighted by Crippen LogP contribution is -2.29. The number of hydrogen-bond acceptors (Lipinski definition) is 3. The Kier molecular flexibility index (Phi) is 3.49. The third kappa shape index (κ3) is 2.48. The van der Waals surface area contributed by atoms with E-state index < -0.39 is 0 Å². The molecule has 0 aromatic heterocycles. The van der Waals surface area contributed by atoms with E-state index in [-0.39, 0.29) is 12.5 Å². The van der Waals surface area contributed by atoms with Crippen LogP contribution in [0.4, 0.5) is 0 Å². The molecule has 0 bridgehead atoms. The molecule has 3 N–H and O–H groups in total. The van der Waals surface area contributed by atoms with E-state index in [4.69, 9.17) is 11.4 Å². The van der Waals surface area contributed by atoms with Crippen LogP contribution in [0.5, 0.6) is 0 Å². The van der Waals surface area contributed by atoms with Gasteiger partial charge in [0.1, 0.15) is 0 Å². The number of nitrogens with two attached hydrogens (primary N) is 1. The molecule has 0 aliphatic carbocycles. The van der Waals surface area contributed by atoms with Crippen molar-refractivity contribution < 1.29 is 4.79 Å². The van der Waals surface area contributed by atoms with E-state index in [2.05, 4.69) is 10.0 Å². The van der Waals surface area contributed by atoms with Crippen molar-refractivity contribution in [3.63, 3.8) is 0 Å². The first-order valence-electron chi connectivity index (χ1n) is 3.88. The Morgan fingerprint density at radius 2 is 2.14 bits per heavy atom. The van der Waals surface area contributed by atoms with Crippen LogP contribution < -0.4 is 11.3 Å². The van der Waals surface area contributed by atoms with E-state index >= 15 is 0 Å². The Labute approximate surface area is 80.3 Å². The van der Waals surface area contributed by atoms with Gasteiger partial charge in [0.05, 0.1) is 6.54 Å². The number of carbonyl (C=O) groups excluding carboxylic acids is 1. The molecule has 0 saturated heterocycles. The maximum Gasteiger partial charge on any atom is 0.265 e. The number of nitrogen functional groups attached to an aromatic ring is 1. The van der Waals surface area contributed by atoms with Gasteiger partial charge in [-0.25, -0.2) is 5.84 Å². The summed E-state index contributed by atoms with van der Waals surface area (Å²) >= 11 is 0. The molecular formula is C8H9N5O. The molecule has 0 radical (unpaired) electrons. The van der Waals surface area contributed by atoms with Crippen LogP contribution in [0, 0.1) is 0 Å². The molecule has 1 aromatic carbocycles. The molecule has 0 aliphatic rings. The van der Waals surface area contributed by atoms with Gasteiger partial charge in [0, 0.05) is 10.5 Å². The first-order chi connectivity index (χ1) is 6.77. The molecule has 1 aromatic rings. The highest BCUT2D eigenvalue weighted by Gasteiger charge is 2.01. The minimum atomic E-state index is -0.347. The number of nitrogens with zero attached hydrogens (tertiary/aromatic N) is 3. The second-order valence-electron chi connectivity index (χ2n) is 2.56. The summed E-state index contributed by atoms with van der Waals surface area (Å²) in [5.74, 6) is 4.61. The predicted molar refractivity (Wildman–Crippen MR) is 50.9 cm³/mol. The molecule has 0 heterocycles. The molecule has 14 heavy (non-hydrogen) atoms.